The van der Waals surface area contributed by atoms with Gasteiger partial charge in [-0.3, -0.25) is 5.41 Å². The number of ether oxygens (including phenoxy) is 1. The molecule has 2 aromatic carbocycles. The molecule has 0 radical (unpaired) electrons. The Labute approximate surface area is 125 Å². The molecule has 2 rings (SSSR count). The second kappa shape index (κ2) is 6.52. The molecule has 3 N–H and O–H groups in total. The smallest absolute Gasteiger partial charge is 0.124 e. The fourth-order valence-electron chi connectivity index (χ4n) is 1.72. The average molecular weight is 337 g/mol. The third-order valence-electron chi connectivity index (χ3n) is 2.73. The highest BCUT2D eigenvalue weighted by Gasteiger charge is 2.03. The van der Waals surface area contributed by atoms with Crippen molar-refractivity contribution in [3.63, 3.8) is 0 Å². The van der Waals surface area contributed by atoms with Gasteiger partial charge in [-0.15, -0.1) is 0 Å². The second-order valence-corrected chi connectivity index (χ2v) is 5.22. The maximum atomic E-state index is 13.0. The summed E-state index contributed by atoms with van der Waals surface area (Å²) in [5, 5.41) is 7.23. The molecule has 5 heteroatoms. The van der Waals surface area contributed by atoms with Gasteiger partial charge in [0, 0.05) is 16.5 Å². The van der Waals surface area contributed by atoms with Crippen molar-refractivity contribution >= 4 is 21.8 Å². The molecular weight excluding hydrogens is 323 g/mol. The second-order valence-electron chi connectivity index (χ2n) is 4.37. The predicted octanol–water partition coefficient (Wildman–Crippen LogP) is 3.65. The summed E-state index contributed by atoms with van der Waals surface area (Å²) in [5.74, 6) is 0.566. The van der Waals surface area contributed by atoms with Gasteiger partial charge in [0.1, 0.15) is 18.2 Å². The van der Waals surface area contributed by atoms with Crippen LogP contribution < -0.4 is 10.5 Å². The molecular formula is C15H14BrFN2O. The fraction of sp³-hybridized carbons (Fsp3) is 0.133. The highest BCUT2D eigenvalue weighted by atomic mass is 79.9. The van der Waals surface area contributed by atoms with E-state index in [1.165, 1.54) is 12.1 Å². The van der Waals surface area contributed by atoms with Crippen LogP contribution >= 0.6 is 15.9 Å². The van der Waals surface area contributed by atoms with E-state index in [-0.39, 0.29) is 11.7 Å². The molecule has 0 aliphatic carbocycles. The van der Waals surface area contributed by atoms with Crippen molar-refractivity contribution in [3.8, 4) is 5.75 Å². The lowest BCUT2D eigenvalue weighted by Gasteiger charge is -2.09. The van der Waals surface area contributed by atoms with Crippen LogP contribution in [-0.4, -0.2) is 5.84 Å². The van der Waals surface area contributed by atoms with Crippen LogP contribution in [0.2, 0.25) is 0 Å². The van der Waals surface area contributed by atoms with E-state index in [1.807, 2.05) is 24.3 Å². The summed E-state index contributed by atoms with van der Waals surface area (Å²) in [4.78, 5) is 0. The monoisotopic (exact) mass is 336 g/mol. The van der Waals surface area contributed by atoms with Crippen molar-refractivity contribution in [1.29, 1.82) is 5.41 Å². The molecule has 0 heterocycles. The zero-order valence-electron chi connectivity index (χ0n) is 10.7. The first-order valence-electron chi connectivity index (χ1n) is 6.03. The molecule has 0 amide bonds. The highest BCUT2D eigenvalue weighted by molar-refractivity contribution is 9.10. The average Bonchev–Trinajstić information content (AvgIpc) is 2.39. The molecule has 0 saturated heterocycles. The molecule has 0 spiro atoms. The Balaban J connectivity index is 1.98. The quantitative estimate of drug-likeness (QED) is 0.646. The standard InChI is InChI=1S/C15H14BrFN2O/c16-14-8-12(17)4-3-11(14)9-20-13-5-1-10(2-6-13)7-15(18)19/h1-6,8H,7,9H2,(H3,18,19). The van der Waals surface area contributed by atoms with Crippen LogP contribution in [-0.2, 0) is 13.0 Å². The van der Waals surface area contributed by atoms with Crippen LogP contribution in [0.25, 0.3) is 0 Å². The Morgan fingerprint density at radius 3 is 2.50 bits per heavy atom. The zero-order valence-corrected chi connectivity index (χ0v) is 12.3. The predicted molar refractivity (Wildman–Crippen MR) is 80.5 cm³/mol. The normalized spacial score (nSPS) is 10.3. The Hall–Kier alpha value is -1.88. The van der Waals surface area contributed by atoms with E-state index in [9.17, 15) is 4.39 Å². The van der Waals surface area contributed by atoms with E-state index in [2.05, 4.69) is 15.9 Å². The summed E-state index contributed by atoms with van der Waals surface area (Å²) < 4.78 is 19.3. The number of nitrogens with two attached hydrogens (primary N) is 1. The molecule has 104 valence electrons. The molecule has 3 nitrogen and oxygen atoms in total. The summed E-state index contributed by atoms with van der Waals surface area (Å²) in [5.41, 5.74) is 7.18. The van der Waals surface area contributed by atoms with Gasteiger partial charge in [0.15, 0.2) is 0 Å². The van der Waals surface area contributed by atoms with E-state index in [4.69, 9.17) is 15.9 Å². The van der Waals surface area contributed by atoms with Crippen molar-refractivity contribution in [2.75, 3.05) is 0 Å². The van der Waals surface area contributed by atoms with E-state index < -0.39 is 0 Å². The van der Waals surface area contributed by atoms with Crippen LogP contribution in [0, 0.1) is 11.2 Å². The topological polar surface area (TPSA) is 59.1 Å². The van der Waals surface area contributed by atoms with Crippen molar-refractivity contribution < 1.29 is 9.13 Å². The van der Waals surface area contributed by atoms with Gasteiger partial charge >= 0.3 is 0 Å². The first-order chi connectivity index (χ1) is 9.54. The Kier molecular flexibility index (Phi) is 4.74. The van der Waals surface area contributed by atoms with Gasteiger partial charge in [-0.1, -0.05) is 34.1 Å². The lowest BCUT2D eigenvalue weighted by molar-refractivity contribution is 0.305. The van der Waals surface area contributed by atoms with Gasteiger partial charge in [0.2, 0.25) is 0 Å². The van der Waals surface area contributed by atoms with E-state index in [1.54, 1.807) is 6.07 Å². The van der Waals surface area contributed by atoms with Crippen molar-refractivity contribution in [1.82, 2.24) is 0 Å². The first kappa shape index (κ1) is 14.5. The molecule has 0 aromatic heterocycles. The molecule has 0 aliphatic heterocycles. The van der Waals surface area contributed by atoms with Crippen LogP contribution in [0.4, 0.5) is 4.39 Å². The molecule has 0 aliphatic rings. The molecule has 0 unspecified atom stereocenters. The summed E-state index contributed by atoms with van der Waals surface area (Å²) in [6.45, 7) is 0.354. The van der Waals surface area contributed by atoms with Gasteiger partial charge < -0.3 is 10.5 Å². The zero-order chi connectivity index (χ0) is 14.5. The van der Waals surface area contributed by atoms with Crippen LogP contribution in [0.15, 0.2) is 46.9 Å². The Bertz CT molecular complexity index is 614. The summed E-state index contributed by atoms with van der Waals surface area (Å²) in [6.07, 6.45) is 0.434. The minimum atomic E-state index is -0.283. The number of benzene rings is 2. The number of amidine groups is 1. The molecule has 0 atom stereocenters. The molecule has 0 saturated carbocycles. The number of rotatable bonds is 5. The third-order valence-corrected chi connectivity index (χ3v) is 3.47. The minimum Gasteiger partial charge on any atom is -0.489 e. The van der Waals surface area contributed by atoms with E-state index >= 15 is 0 Å². The lowest BCUT2D eigenvalue weighted by atomic mass is 10.1. The maximum Gasteiger partial charge on any atom is 0.124 e. The largest absolute Gasteiger partial charge is 0.489 e. The Morgan fingerprint density at radius 2 is 1.90 bits per heavy atom. The molecule has 0 bridgehead atoms. The molecule has 2 aromatic rings. The van der Waals surface area contributed by atoms with Gasteiger partial charge in [-0.05, 0) is 29.8 Å². The van der Waals surface area contributed by atoms with Crippen LogP contribution in [0.5, 0.6) is 5.75 Å². The van der Waals surface area contributed by atoms with E-state index in [0.717, 1.165) is 11.1 Å². The summed E-state index contributed by atoms with van der Waals surface area (Å²) >= 11 is 3.30. The Morgan fingerprint density at radius 1 is 1.20 bits per heavy atom. The van der Waals surface area contributed by atoms with Crippen molar-refractivity contribution in [2.24, 2.45) is 5.73 Å². The van der Waals surface area contributed by atoms with Crippen molar-refractivity contribution in [2.45, 2.75) is 13.0 Å². The number of nitrogens with one attached hydrogen (secondary N) is 1. The number of hydrogen-bond acceptors (Lipinski definition) is 2. The highest BCUT2D eigenvalue weighted by Crippen LogP contribution is 2.20. The number of hydrogen-bond donors (Lipinski definition) is 2. The van der Waals surface area contributed by atoms with Gasteiger partial charge in [0.25, 0.3) is 0 Å². The van der Waals surface area contributed by atoms with Gasteiger partial charge in [-0.2, -0.15) is 0 Å². The minimum absolute atomic E-state index is 0.133. The maximum absolute atomic E-state index is 13.0. The van der Waals surface area contributed by atoms with E-state index in [0.29, 0.717) is 23.2 Å². The molecule has 0 fully saturated rings. The fourth-order valence-corrected chi connectivity index (χ4v) is 2.19. The van der Waals surface area contributed by atoms with Gasteiger partial charge in [-0.25, -0.2) is 4.39 Å². The van der Waals surface area contributed by atoms with Crippen LogP contribution in [0.1, 0.15) is 11.1 Å². The lowest BCUT2D eigenvalue weighted by Crippen LogP contribution is -2.12. The van der Waals surface area contributed by atoms with Crippen LogP contribution in [0.3, 0.4) is 0 Å². The third kappa shape index (κ3) is 4.06. The SMILES string of the molecule is N=C(N)Cc1ccc(OCc2ccc(F)cc2Br)cc1. The number of halogens is 2. The summed E-state index contributed by atoms with van der Waals surface area (Å²) in [7, 11) is 0. The summed E-state index contributed by atoms with van der Waals surface area (Å²) in [6, 6.07) is 11.9. The van der Waals surface area contributed by atoms with Crippen molar-refractivity contribution in [3.05, 3.63) is 63.9 Å². The van der Waals surface area contributed by atoms with Gasteiger partial charge in [0.05, 0.1) is 5.84 Å². The first-order valence-corrected chi connectivity index (χ1v) is 6.82. The molecule has 20 heavy (non-hydrogen) atoms.